The van der Waals surface area contributed by atoms with Crippen molar-refractivity contribution in [1.29, 1.82) is 0 Å². The maximum atomic E-state index is 5.92. The number of hydrogen-bond acceptors (Lipinski definition) is 3. The van der Waals surface area contributed by atoms with E-state index in [0.29, 0.717) is 11.2 Å². The normalized spacial score (nSPS) is 32.9. The second-order valence-corrected chi connectivity index (χ2v) is 5.59. The number of fused-ring (bicyclic) bond motifs is 1. The molecule has 0 aromatic carbocycles. The van der Waals surface area contributed by atoms with Crippen LogP contribution in [0, 0.1) is 11.8 Å². The van der Waals surface area contributed by atoms with Crippen LogP contribution in [-0.4, -0.2) is 35.6 Å². The van der Waals surface area contributed by atoms with Gasteiger partial charge in [-0.15, -0.1) is 0 Å². The fraction of sp³-hybridized carbons (Fsp3) is 0.615. The molecule has 3 rings (SSSR count). The van der Waals surface area contributed by atoms with Gasteiger partial charge in [-0.25, -0.2) is 4.98 Å². The van der Waals surface area contributed by atoms with Gasteiger partial charge < -0.3 is 5.32 Å². The Balaban J connectivity index is 1.70. The van der Waals surface area contributed by atoms with Gasteiger partial charge in [-0.1, -0.05) is 17.7 Å². The van der Waals surface area contributed by atoms with E-state index in [4.69, 9.17) is 11.6 Å². The van der Waals surface area contributed by atoms with Crippen LogP contribution in [0.4, 0.5) is 0 Å². The number of likely N-dealkylation sites (tertiary alicyclic amines) is 1. The quantitative estimate of drug-likeness (QED) is 0.813. The summed E-state index contributed by atoms with van der Waals surface area (Å²) in [6.45, 7) is 6.80. The molecular weight excluding hydrogens is 234 g/mol. The number of nitrogens with zero attached hydrogens (tertiary/aromatic N) is 2. The molecular formula is C13H18ClN3. The smallest absolute Gasteiger partial charge is 0.129 e. The van der Waals surface area contributed by atoms with Gasteiger partial charge >= 0.3 is 0 Å². The highest BCUT2D eigenvalue weighted by Gasteiger charge is 2.41. The fourth-order valence-electron chi connectivity index (χ4n) is 3.21. The number of nitrogens with one attached hydrogen (secondary N) is 1. The van der Waals surface area contributed by atoms with Crippen molar-refractivity contribution in [3.05, 3.63) is 29.0 Å². The number of hydrogen-bond donors (Lipinski definition) is 1. The lowest BCUT2D eigenvalue weighted by Gasteiger charge is -2.23. The average Bonchev–Trinajstić information content (AvgIpc) is 2.84. The molecule has 0 spiro atoms. The van der Waals surface area contributed by atoms with Crippen LogP contribution in [-0.2, 0) is 6.54 Å². The molecule has 17 heavy (non-hydrogen) atoms. The molecule has 1 aromatic rings. The van der Waals surface area contributed by atoms with Gasteiger partial charge in [-0.05, 0) is 44.0 Å². The van der Waals surface area contributed by atoms with Crippen LogP contribution in [0.1, 0.15) is 12.6 Å². The van der Waals surface area contributed by atoms with Crippen LogP contribution in [0.5, 0.6) is 0 Å². The topological polar surface area (TPSA) is 28.2 Å². The summed E-state index contributed by atoms with van der Waals surface area (Å²) in [6.07, 6.45) is 0. The van der Waals surface area contributed by atoms with E-state index in [9.17, 15) is 0 Å². The summed E-state index contributed by atoms with van der Waals surface area (Å²) in [5.74, 6) is 1.64. The van der Waals surface area contributed by atoms with Gasteiger partial charge in [0.15, 0.2) is 0 Å². The van der Waals surface area contributed by atoms with Crippen molar-refractivity contribution in [2.75, 3.05) is 19.6 Å². The molecule has 0 saturated carbocycles. The maximum Gasteiger partial charge on any atom is 0.129 e. The molecule has 92 valence electrons. The molecule has 2 aliphatic rings. The van der Waals surface area contributed by atoms with Gasteiger partial charge in [0.25, 0.3) is 0 Å². The van der Waals surface area contributed by atoms with Gasteiger partial charge in [0.05, 0.1) is 5.69 Å². The molecule has 3 unspecified atom stereocenters. The van der Waals surface area contributed by atoms with Crippen molar-refractivity contribution in [2.24, 2.45) is 11.8 Å². The lowest BCUT2D eigenvalue weighted by atomic mass is 9.95. The molecule has 0 bridgehead atoms. The van der Waals surface area contributed by atoms with Crippen LogP contribution < -0.4 is 5.32 Å². The highest BCUT2D eigenvalue weighted by Crippen LogP contribution is 2.33. The second kappa shape index (κ2) is 4.56. The van der Waals surface area contributed by atoms with Crippen LogP contribution in [0.2, 0.25) is 5.15 Å². The zero-order valence-electron chi connectivity index (χ0n) is 10.1. The van der Waals surface area contributed by atoms with Gasteiger partial charge in [0.2, 0.25) is 0 Å². The van der Waals surface area contributed by atoms with E-state index in [0.717, 1.165) is 24.1 Å². The van der Waals surface area contributed by atoms with Gasteiger partial charge in [0.1, 0.15) is 5.15 Å². The molecule has 3 heterocycles. The first-order valence-electron chi connectivity index (χ1n) is 6.30. The highest BCUT2D eigenvalue weighted by atomic mass is 35.5. The second-order valence-electron chi connectivity index (χ2n) is 5.20. The minimum atomic E-state index is 0.594. The molecule has 2 aliphatic heterocycles. The average molecular weight is 252 g/mol. The molecule has 2 saturated heterocycles. The molecule has 2 fully saturated rings. The minimum absolute atomic E-state index is 0.594. The summed E-state index contributed by atoms with van der Waals surface area (Å²) in [6, 6.07) is 6.52. The Hall–Kier alpha value is -0.640. The molecule has 1 aromatic heterocycles. The molecule has 0 amide bonds. The Kier molecular flexibility index (Phi) is 3.07. The van der Waals surface area contributed by atoms with Gasteiger partial charge in [-0.3, -0.25) is 4.90 Å². The summed E-state index contributed by atoms with van der Waals surface area (Å²) in [5, 5.41) is 4.08. The lowest BCUT2D eigenvalue weighted by molar-refractivity contribution is 0.229. The number of aromatic nitrogens is 1. The Bertz CT molecular complexity index is 409. The minimum Gasteiger partial charge on any atom is -0.316 e. The summed E-state index contributed by atoms with van der Waals surface area (Å²) in [5.41, 5.74) is 1.08. The Morgan fingerprint density at radius 2 is 2.35 bits per heavy atom. The lowest BCUT2D eigenvalue weighted by Crippen LogP contribution is -2.33. The largest absolute Gasteiger partial charge is 0.316 e. The highest BCUT2D eigenvalue weighted by molar-refractivity contribution is 6.29. The zero-order chi connectivity index (χ0) is 11.8. The molecule has 1 N–H and O–H groups in total. The molecule has 3 nitrogen and oxygen atoms in total. The third-order valence-electron chi connectivity index (χ3n) is 4.19. The first kappa shape index (κ1) is 11.5. The van der Waals surface area contributed by atoms with Crippen molar-refractivity contribution >= 4 is 11.6 Å². The molecule has 4 heteroatoms. The monoisotopic (exact) mass is 251 g/mol. The van der Waals surface area contributed by atoms with E-state index < -0.39 is 0 Å². The van der Waals surface area contributed by atoms with Gasteiger partial charge in [-0.2, -0.15) is 0 Å². The van der Waals surface area contributed by atoms with Crippen molar-refractivity contribution in [3.8, 4) is 0 Å². The summed E-state index contributed by atoms with van der Waals surface area (Å²) < 4.78 is 0. The van der Waals surface area contributed by atoms with Crippen molar-refractivity contribution < 1.29 is 0 Å². The van der Waals surface area contributed by atoms with E-state index in [1.54, 1.807) is 0 Å². The van der Waals surface area contributed by atoms with E-state index in [2.05, 4.69) is 28.2 Å². The van der Waals surface area contributed by atoms with Crippen molar-refractivity contribution in [1.82, 2.24) is 15.2 Å². The number of pyridine rings is 1. The third kappa shape index (κ3) is 2.19. The molecule has 0 radical (unpaired) electrons. The molecule has 3 atom stereocenters. The maximum absolute atomic E-state index is 5.92. The zero-order valence-corrected chi connectivity index (χ0v) is 10.8. The fourth-order valence-corrected chi connectivity index (χ4v) is 3.39. The van der Waals surface area contributed by atoms with Crippen LogP contribution >= 0.6 is 11.6 Å². The van der Waals surface area contributed by atoms with E-state index in [-0.39, 0.29) is 0 Å². The predicted molar refractivity (Wildman–Crippen MR) is 69.0 cm³/mol. The van der Waals surface area contributed by atoms with Crippen LogP contribution in [0.3, 0.4) is 0 Å². The standard InChI is InChI=1S/C13H18ClN3/c1-9-12-6-15-5-10(12)7-17(9)8-11-3-2-4-13(14)16-11/h2-4,9-10,12,15H,5-8H2,1H3. The van der Waals surface area contributed by atoms with Crippen LogP contribution in [0.25, 0.3) is 0 Å². The first-order valence-corrected chi connectivity index (χ1v) is 6.68. The molecule has 0 aliphatic carbocycles. The van der Waals surface area contributed by atoms with E-state index >= 15 is 0 Å². The van der Waals surface area contributed by atoms with E-state index in [1.165, 1.54) is 19.6 Å². The Morgan fingerprint density at radius 1 is 1.47 bits per heavy atom. The van der Waals surface area contributed by atoms with Gasteiger partial charge in [0, 0.05) is 19.1 Å². The summed E-state index contributed by atoms with van der Waals surface area (Å²) >= 11 is 5.92. The number of rotatable bonds is 2. The first-order chi connectivity index (χ1) is 8.24. The third-order valence-corrected chi connectivity index (χ3v) is 4.41. The number of halogens is 1. The van der Waals surface area contributed by atoms with Crippen molar-refractivity contribution in [2.45, 2.75) is 19.5 Å². The summed E-state index contributed by atoms with van der Waals surface area (Å²) in [4.78, 5) is 6.91. The predicted octanol–water partition coefficient (Wildman–Crippen LogP) is 1.77. The Morgan fingerprint density at radius 3 is 3.12 bits per heavy atom. The SMILES string of the molecule is CC1C2CNCC2CN1Cc1cccc(Cl)n1. The van der Waals surface area contributed by atoms with E-state index in [1.807, 2.05) is 12.1 Å². The van der Waals surface area contributed by atoms with Crippen molar-refractivity contribution in [3.63, 3.8) is 0 Å². The summed E-state index contributed by atoms with van der Waals surface area (Å²) in [7, 11) is 0. The Labute approximate surface area is 107 Å². The van der Waals surface area contributed by atoms with Crippen LogP contribution in [0.15, 0.2) is 18.2 Å².